The van der Waals surface area contributed by atoms with Gasteiger partial charge in [0.25, 0.3) is 0 Å². The lowest BCUT2D eigenvalue weighted by atomic mass is 9.85. The fourth-order valence-electron chi connectivity index (χ4n) is 3.40. The second-order valence-electron chi connectivity index (χ2n) is 6.16. The molecule has 1 aromatic carbocycles. The van der Waals surface area contributed by atoms with Gasteiger partial charge >= 0.3 is 17.8 Å². The number of imide groups is 2. The number of nitrogens with zero attached hydrogens (tertiary/aromatic N) is 2. The lowest BCUT2D eigenvalue weighted by Gasteiger charge is -2.34. The minimum atomic E-state index is -0.702. The predicted molar refractivity (Wildman–Crippen MR) is 80.7 cm³/mol. The van der Waals surface area contributed by atoms with Crippen LogP contribution in [0, 0.1) is 5.92 Å². The zero-order valence-corrected chi connectivity index (χ0v) is 12.7. The molecule has 1 aliphatic heterocycles. The smallest absolute Gasteiger partial charge is 0.263 e. The molecule has 0 aromatic heterocycles. The second kappa shape index (κ2) is 5.91. The van der Waals surface area contributed by atoms with E-state index >= 15 is 0 Å². The molecule has 0 radical (unpaired) electrons. The lowest BCUT2D eigenvalue weighted by molar-refractivity contribution is -0.144. The molecule has 1 saturated carbocycles. The largest absolute Gasteiger partial charge is 0.334 e. The minimum Gasteiger partial charge on any atom is -0.263 e. The molecule has 3 rings (SSSR count). The maximum absolute atomic E-state index is 12.6. The first-order valence-electron chi connectivity index (χ1n) is 7.82. The number of urea groups is 1. The van der Waals surface area contributed by atoms with Gasteiger partial charge in [-0.15, -0.1) is 0 Å². The van der Waals surface area contributed by atoms with Crippen molar-refractivity contribution in [3.05, 3.63) is 35.9 Å². The van der Waals surface area contributed by atoms with Crippen LogP contribution in [0.1, 0.15) is 38.2 Å². The molecule has 2 atom stereocenters. The van der Waals surface area contributed by atoms with E-state index in [1.54, 1.807) is 0 Å². The van der Waals surface area contributed by atoms with Crippen molar-refractivity contribution in [3.8, 4) is 0 Å². The van der Waals surface area contributed by atoms with Crippen molar-refractivity contribution in [1.29, 1.82) is 0 Å². The van der Waals surface area contributed by atoms with Crippen molar-refractivity contribution < 1.29 is 14.4 Å². The summed E-state index contributed by atoms with van der Waals surface area (Å²) in [6.45, 7) is 2.20. The summed E-state index contributed by atoms with van der Waals surface area (Å²) < 4.78 is 0. The number of hydrogen-bond acceptors (Lipinski definition) is 3. The first-order valence-corrected chi connectivity index (χ1v) is 7.82. The number of amides is 4. The number of hydrogen-bond donors (Lipinski definition) is 0. The van der Waals surface area contributed by atoms with Gasteiger partial charge in [0.15, 0.2) is 0 Å². The van der Waals surface area contributed by atoms with Crippen molar-refractivity contribution in [2.75, 3.05) is 0 Å². The quantitative estimate of drug-likeness (QED) is 0.637. The minimum absolute atomic E-state index is 0.140. The molecule has 2 fully saturated rings. The Kier molecular flexibility index (Phi) is 3.96. The molecule has 5 nitrogen and oxygen atoms in total. The van der Waals surface area contributed by atoms with Crippen LogP contribution < -0.4 is 0 Å². The van der Waals surface area contributed by atoms with E-state index in [-0.39, 0.29) is 18.5 Å². The van der Waals surface area contributed by atoms with Crippen LogP contribution in [-0.2, 0) is 16.1 Å². The van der Waals surface area contributed by atoms with Crippen LogP contribution in [0.15, 0.2) is 30.3 Å². The maximum atomic E-state index is 12.6. The van der Waals surface area contributed by atoms with Gasteiger partial charge in [-0.1, -0.05) is 50.1 Å². The predicted octanol–water partition coefficient (Wildman–Crippen LogP) is 2.56. The van der Waals surface area contributed by atoms with Crippen molar-refractivity contribution >= 4 is 17.8 Å². The van der Waals surface area contributed by atoms with Crippen LogP contribution in [0.4, 0.5) is 4.79 Å². The average molecular weight is 300 g/mol. The zero-order chi connectivity index (χ0) is 15.7. The van der Waals surface area contributed by atoms with E-state index in [0.717, 1.165) is 36.1 Å². The third kappa shape index (κ3) is 2.51. The standard InChI is InChI=1S/C17H20N2O3/c1-12-7-5-6-10-14(12)19-16(21)15(20)18(17(19)22)11-13-8-3-2-4-9-13/h2-4,8-9,12,14H,5-7,10-11H2,1H3/t12-,14+/m0/s1. The Hall–Kier alpha value is -2.17. The number of carbonyl (C=O) groups is 3. The Morgan fingerprint density at radius 2 is 1.68 bits per heavy atom. The Bertz CT molecular complexity index is 599. The monoisotopic (exact) mass is 300 g/mol. The van der Waals surface area contributed by atoms with Crippen LogP contribution in [-0.4, -0.2) is 33.7 Å². The van der Waals surface area contributed by atoms with Gasteiger partial charge in [-0.05, 0) is 24.3 Å². The molecular formula is C17H20N2O3. The molecule has 0 unspecified atom stereocenters. The van der Waals surface area contributed by atoms with Crippen LogP contribution in [0.25, 0.3) is 0 Å². The molecule has 1 aromatic rings. The van der Waals surface area contributed by atoms with Gasteiger partial charge in [-0.25, -0.2) is 4.79 Å². The third-order valence-corrected chi connectivity index (χ3v) is 4.67. The molecule has 4 amide bonds. The molecule has 0 spiro atoms. The van der Waals surface area contributed by atoms with E-state index in [9.17, 15) is 14.4 Å². The van der Waals surface area contributed by atoms with E-state index in [1.807, 2.05) is 30.3 Å². The molecule has 2 aliphatic rings. The SMILES string of the molecule is C[C@H]1CCCC[C@H]1N1C(=O)C(=O)N(Cc2ccccc2)C1=O. The van der Waals surface area contributed by atoms with Gasteiger partial charge < -0.3 is 0 Å². The van der Waals surface area contributed by atoms with E-state index < -0.39 is 17.8 Å². The van der Waals surface area contributed by atoms with Crippen LogP contribution in [0.3, 0.4) is 0 Å². The molecule has 1 aliphatic carbocycles. The second-order valence-corrected chi connectivity index (χ2v) is 6.16. The molecule has 0 N–H and O–H groups in total. The van der Waals surface area contributed by atoms with Gasteiger partial charge in [0.2, 0.25) is 0 Å². The molecule has 116 valence electrons. The van der Waals surface area contributed by atoms with Crippen LogP contribution in [0.5, 0.6) is 0 Å². The van der Waals surface area contributed by atoms with Crippen molar-refractivity contribution in [2.24, 2.45) is 5.92 Å². The van der Waals surface area contributed by atoms with E-state index in [2.05, 4.69) is 6.92 Å². The van der Waals surface area contributed by atoms with Gasteiger partial charge in [0.05, 0.1) is 6.54 Å². The summed E-state index contributed by atoms with van der Waals surface area (Å²) in [5.41, 5.74) is 0.843. The number of rotatable bonds is 3. The summed E-state index contributed by atoms with van der Waals surface area (Å²) in [4.78, 5) is 39.3. The van der Waals surface area contributed by atoms with Gasteiger partial charge in [-0.3, -0.25) is 19.4 Å². The molecule has 0 bridgehead atoms. The summed E-state index contributed by atoms with van der Waals surface area (Å²) in [7, 11) is 0. The van der Waals surface area contributed by atoms with Crippen molar-refractivity contribution in [3.63, 3.8) is 0 Å². The molecular weight excluding hydrogens is 280 g/mol. The molecule has 22 heavy (non-hydrogen) atoms. The highest BCUT2D eigenvalue weighted by Crippen LogP contribution is 2.31. The fourth-order valence-corrected chi connectivity index (χ4v) is 3.40. The average Bonchev–Trinajstić information content (AvgIpc) is 2.73. The van der Waals surface area contributed by atoms with Gasteiger partial charge in [-0.2, -0.15) is 0 Å². The lowest BCUT2D eigenvalue weighted by Crippen LogP contribution is -2.46. The Balaban J connectivity index is 1.81. The highest BCUT2D eigenvalue weighted by molar-refractivity contribution is 6.44. The Morgan fingerprint density at radius 1 is 1.00 bits per heavy atom. The number of carbonyl (C=O) groups excluding carboxylic acids is 3. The fraction of sp³-hybridized carbons (Fsp3) is 0.471. The molecule has 5 heteroatoms. The van der Waals surface area contributed by atoms with Crippen molar-refractivity contribution in [1.82, 2.24) is 9.80 Å². The summed E-state index contributed by atoms with van der Waals surface area (Å²) in [6.07, 6.45) is 3.91. The maximum Gasteiger partial charge on any atom is 0.334 e. The van der Waals surface area contributed by atoms with Gasteiger partial charge in [0, 0.05) is 6.04 Å². The highest BCUT2D eigenvalue weighted by Gasteiger charge is 2.48. The Labute approximate surface area is 129 Å². The molecule has 1 heterocycles. The van der Waals surface area contributed by atoms with E-state index in [0.29, 0.717) is 0 Å². The molecule has 1 saturated heterocycles. The van der Waals surface area contributed by atoms with Crippen molar-refractivity contribution in [2.45, 2.75) is 45.2 Å². The first-order chi connectivity index (χ1) is 10.6. The summed E-state index contributed by atoms with van der Waals surface area (Å²) >= 11 is 0. The van der Waals surface area contributed by atoms with E-state index in [4.69, 9.17) is 0 Å². The summed E-state index contributed by atoms with van der Waals surface area (Å²) in [5, 5.41) is 0. The first kappa shape index (κ1) is 14.8. The van der Waals surface area contributed by atoms with Crippen LogP contribution in [0.2, 0.25) is 0 Å². The van der Waals surface area contributed by atoms with Crippen LogP contribution >= 0.6 is 0 Å². The van der Waals surface area contributed by atoms with E-state index in [1.165, 1.54) is 4.90 Å². The summed E-state index contributed by atoms with van der Waals surface area (Å²) in [6, 6.07) is 8.66. The third-order valence-electron chi connectivity index (χ3n) is 4.67. The number of benzene rings is 1. The Morgan fingerprint density at radius 3 is 2.36 bits per heavy atom. The topological polar surface area (TPSA) is 57.7 Å². The summed E-state index contributed by atoms with van der Waals surface area (Å²) in [5.74, 6) is -1.11. The van der Waals surface area contributed by atoms with Gasteiger partial charge in [0.1, 0.15) is 0 Å². The highest BCUT2D eigenvalue weighted by atomic mass is 16.2. The normalized spacial score (nSPS) is 26.0. The zero-order valence-electron chi connectivity index (χ0n) is 12.7.